The molecular weight excluding hydrogens is 410 g/mol. The van der Waals surface area contributed by atoms with Gasteiger partial charge in [-0.05, 0) is 58.3 Å². The van der Waals surface area contributed by atoms with E-state index in [1.807, 2.05) is 54.6 Å². The molecule has 0 bridgehead atoms. The van der Waals surface area contributed by atoms with Crippen LogP contribution in [0.4, 0.5) is 5.69 Å². The van der Waals surface area contributed by atoms with Crippen LogP contribution in [-0.4, -0.2) is 14.9 Å². The molecule has 0 saturated heterocycles. The highest BCUT2D eigenvalue weighted by Gasteiger charge is 2.14. The Morgan fingerprint density at radius 3 is 2.15 bits per heavy atom. The van der Waals surface area contributed by atoms with Crippen molar-refractivity contribution in [2.45, 2.75) is 0 Å². The van der Waals surface area contributed by atoms with Crippen LogP contribution in [0.1, 0.15) is 0 Å². The molecule has 0 aliphatic heterocycles. The molecule has 33 heavy (non-hydrogen) atoms. The zero-order chi connectivity index (χ0) is 22.4. The van der Waals surface area contributed by atoms with Crippen LogP contribution in [0.25, 0.3) is 55.1 Å². The van der Waals surface area contributed by atoms with Crippen molar-refractivity contribution in [2.24, 2.45) is 0 Å². The summed E-state index contributed by atoms with van der Waals surface area (Å²) in [6, 6.07) is 33.0. The summed E-state index contributed by atoms with van der Waals surface area (Å²) in [7, 11) is 0. The van der Waals surface area contributed by atoms with Crippen molar-refractivity contribution >= 4 is 38.3 Å². The van der Waals surface area contributed by atoms with Crippen LogP contribution in [0.15, 0.2) is 103 Å². The molecule has 0 amide bonds. The number of para-hydroxylation sites is 1. The number of hydrogen-bond acceptors (Lipinski definition) is 4. The lowest BCUT2D eigenvalue weighted by atomic mass is 9.95. The average Bonchev–Trinajstić information content (AvgIpc) is 2.87. The lowest BCUT2D eigenvalue weighted by Crippen LogP contribution is -1.94. The molecule has 0 spiro atoms. The van der Waals surface area contributed by atoms with E-state index < -0.39 is 0 Å². The first-order chi connectivity index (χ1) is 16.2. The van der Waals surface area contributed by atoms with E-state index in [-0.39, 0.29) is 10.6 Å². The Morgan fingerprint density at radius 1 is 0.636 bits per heavy atom. The van der Waals surface area contributed by atoms with Gasteiger partial charge in [0.15, 0.2) is 0 Å². The predicted octanol–water partition coefficient (Wildman–Crippen LogP) is 7.18. The summed E-state index contributed by atoms with van der Waals surface area (Å²) >= 11 is 0. The smallest absolute Gasteiger partial charge is 0.258 e. The fourth-order valence-electron chi connectivity index (χ4n) is 4.34. The maximum Gasteiger partial charge on any atom is 0.269 e. The zero-order valence-corrected chi connectivity index (χ0v) is 17.5. The standard InChI is InChI=1S/C28H17N3O2/c32-31(33)21-13-9-19(10-14-21)23-17-27(25-15-12-20-6-2-4-8-24(20)29-25)30-26-16-11-18-5-1-3-7-22(18)28(23)26/h1-17H. The van der Waals surface area contributed by atoms with Crippen LogP contribution < -0.4 is 0 Å². The molecule has 6 rings (SSSR count). The van der Waals surface area contributed by atoms with Gasteiger partial charge in [0.2, 0.25) is 0 Å². The van der Waals surface area contributed by atoms with Gasteiger partial charge in [-0.25, -0.2) is 9.97 Å². The van der Waals surface area contributed by atoms with E-state index in [1.54, 1.807) is 24.3 Å². The van der Waals surface area contributed by atoms with Gasteiger partial charge >= 0.3 is 0 Å². The maximum atomic E-state index is 11.2. The molecule has 0 aliphatic carbocycles. The van der Waals surface area contributed by atoms with E-state index in [0.717, 1.165) is 55.1 Å². The van der Waals surface area contributed by atoms with Crippen molar-refractivity contribution in [2.75, 3.05) is 0 Å². The molecule has 0 radical (unpaired) electrons. The topological polar surface area (TPSA) is 68.9 Å². The number of aromatic nitrogens is 2. The fourth-order valence-corrected chi connectivity index (χ4v) is 4.34. The monoisotopic (exact) mass is 427 g/mol. The minimum atomic E-state index is -0.381. The van der Waals surface area contributed by atoms with Crippen molar-refractivity contribution in [1.29, 1.82) is 0 Å². The van der Waals surface area contributed by atoms with Crippen LogP contribution >= 0.6 is 0 Å². The zero-order valence-electron chi connectivity index (χ0n) is 17.5. The van der Waals surface area contributed by atoms with Crippen LogP contribution in [-0.2, 0) is 0 Å². The van der Waals surface area contributed by atoms with Crippen LogP contribution in [0.5, 0.6) is 0 Å². The lowest BCUT2D eigenvalue weighted by molar-refractivity contribution is -0.384. The van der Waals surface area contributed by atoms with E-state index in [1.165, 1.54) is 0 Å². The van der Waals surface area contributed by atoms with Gasteiger partial charge in [0.1, 0.15) is 0 Å². The molecule has 5 nitrogen and oxygen atoms in total. The summed E-state index contributed by atoms with van der Waals surface area (Å²) in [6.07, 6.45) is 0. The van der Waals surface area contributed by atoms with Gasteiger partial charge < -0.3 is 0 Å². The second kappa shape index (κ2) is 7.50. The van der Waals surface area contributed by atoms with Gasteiger partial charge in [-0.1, -0.05) is 54.6 Å². The van der Waals surface area contributed by atoms with Gasteiger partial charge in [-0.2, -0.15) is 0 Å². The minimum Gasteiger partial charge on any atom is -0.258 e. The van der Waals surface area contributed by atoms with E-state index in [4.69, 9.17) is 9.97 Å². The quantitative estimate of drug-likeness (QED) is 0.170. The number of pyridine rings is 2. The Morgan fingerprint density at radius 2 is 1.33 bits per heavy atom. The number of non-ortho nitro benzene ring substituents is 1. The van der Waals surface area contributed by atoms with Crippen molar-refractivity contribution in [3.63, 3.8) is 0 Å². The van der Waals surface area contributed by atoms with Gasteiger partial charge in [0.05, 0.1) is 27.3 Å². The van der Waals surface area contributed by atoms with Crippen molar-refractivity contribution in [1.82, 2.24) is 9.97 Å². The number of rotatable bonds is 3. The molecule has 6 aromatic rings. The molecule has 0 fully saturated rings. The van der Waals surface area contributed by atoms with E-state index in [0.29, 0.717) is 0 Å². The third-order valence-corrected chi connectivity index (χ3v) is 5.95. The molecule has 156 valence electrons. The van der Waals surface area contributed by atoms with Gasteiger partial charge in [0.25, 0.3) is 5.69 Å². The van der Waals surface area contributed by atoms with Crippen LogP contribution in [0.3, 0.4) is 0 Å². The molecule has 0 atom stereocenters. The normalized spacial score (nSPS) is 11.3. The number of nitro benzene ring substituents is 1. The summed E-state index contributed by atoms with van der Waals surface area (Å²) in [5.74, 6) is 0. The van der Waals surface area contributed by atoms with Crippen molar-refractivity contribution in [3.05, 3.63) is 113 Å². The summed E-state index contributed by atoms with van der Waals surface area (Å²) in [5.41, 5.74) is 5.24. The maximum absolute atomic E-state index is 11.2. The molecule has 2 heterocycles. The Labute approximate surface area is 189 Å². The molecule has 5 heteroatoms. The SMILES string of the molecule is O=[N+]([O-])c1ccc(-c2cc(-c3ccc4ccccc4n3)nc3ccc4ccccc4c23)cc1. The number of fused-ring (bicyclic) bond motifs is 4. The predicted molar refractivity (Wildman–Crippen MR) is 132 cm³/mol. The first-order valence-electron chi connectivity index (χ1n) is 10.6. The molecular formula is C28H17N3O2. The first-order valence-corrected chi connectivity index (χ1v) is 10.6. The summed E-state index contributed by atoms with van der Waals surface area (Å²) in [5, 5.41) is 15.5. The molecule has 0 unspecified atom stereocenters. The van der Waals surface area contributed by atoms with Crippen molar-refractivity contribution in [3.8, 4) is 22.5 Å². The Kier molecular flexibility index (Phi) is 4.33. The number of nitrogens with zero attached hydrogens (tertiary/aromatic N) is 3. The number of hydrogen-bond donors (Lipinski definition) is 0. The third kappa shape index (κ3) is 3.27. The fraction of sp³-hybridized carbons (Fsp3) is 0. The average molecular weight is 427 g/mol. The van der Waals surface area contributed by atoms with Gasteiger partial charge in [-0.3, -0.25) is 10.1 Å². The third-order valence-electron chi connectivity index (χ3n) is 5.95. The highest BCUT2D eigenvalue weighted by atomic mass is 16.6. The van der Waals surface area contributed by atoms with Crippen LogP contribution in [0, 0.1) is 10.1 Å². The molecule has 0 saturated carbocycles. The highest BCUT2D eigenvalue weighted by molar-refractivity contribution is 6.13. The second-order valence-electron chi connectivity index (χ2n) is 7.93. The molecule has 0 N–H and O–H groups in total. The largest absolute Gasteiger partial charge is 0.269 e. The van der Waals surface area contributed by atoms with Crippen molar-refractivity contribution < 1.29 is 4.92 Å². The lowest BCUT2D eigenvalue weighted by Gasteiger charge is -2.13. The number of benzene rings is 4. The molecule has 4 aromatic carbocycles. The first kappa shape index (κ1) is 19.1. The van der Waals surface area contributed by atoms with E-state index in [9.17, 15) is 10.1 Å². The molecule has 0 aliphatic rings. The highest BCUT2D eigenvalue weighted by Crippen LogP contribution is 2.37. The number of nitro groups is 1. The second-order valence-corrected chi connectivity index (χ2v) is 7.93. The Hall–Kier alpha value is -4.64. The molecule has 2 aromatic heterocycles. The van der Waals surface area contributed by atoms with E-state index >= 15 is 0 Å². The van der Waals surface area contributed by atoms with Crippen LogP contribution in [0.2, 0.25) is 0 Å². The summed E-state index contributed by atoms with van der Waals surface area (Å²) in [4.78, 5) is 20.6. The Balaban J connectivity index is 1.65. The summed E-state index contributed by atoms with van der Waals surface area (Å²) < 4.78 is 0. The minimum absolute atomic E-state index is 0.0680. The van der Waals surface area contributed by atoms with Gasteiger partial charge in [-0.15, -0.1) is 0 Å². The van der Waals surface area contributed by atoms with E-state index in [2.05, 4.69) is 24.3 Å². The summed E-state index contributed by atoms with van der Waals surface area (Å²) in [6.45, 7) is 0. The van der Waals surface area contributed by atoms with Gasteiger partial charge in [0, 0.05) is 22.9 Å². The Bertz CT molecular complexity index is 1690.